The van der Waals surface area contributed by atoms with Crippen molar-refractivity contribution in [2.75, 3.05) is 44.3 Å². The van der Waals surface area contributed by atoms with Crippen molar-refractivity contribution in [1.29, 1.82) is 0 Å². The fourth-order valence-corrected chi connectivity index (χ4v) is 5.50. The summed E-state index contributed by atoms with van der Waals surface area (Å²) in [7, 11) is 0. The van der Waals surface area contributed by atoms with Gasteiger partial charge in [-0.15, -0.1) is 11.3 Å². The third-order valence-corrected chi connectivity index (χ3v) is 7.77. The molecule has 5 rings (SSSR count). The van der Waals surface area contributed by atoms with Crippen molar-refractivity contribution in [2.45, 2.75) is 31.8 Å². The molecule has 8 nitrogen and oxygen atoms in total. The predicted octanol–water partition coefficient (Wildman–Crippen LogP) is 2.44. The second-order valence-corrected chi connectivity index (χ2v) is 10.0. The maximum Gasteiger partial charge on any atom is 0.319 e. The van der Waals surface area contributed by atoms with Crippen LogP contribution in [0, 0.1) is 5.92 Å². The van der Waals surface area contributed by atoms with E-state index in [1.165, 1.54) is 10.4 Å². The normalized spacial score (nSPS) is 21.0. The molecule has 1 aromatic carbocycles. The number of carbonyl (C=O) groups is 1. The maximum atomic E-state index is 13.1. The van der Waals surface area contributed by atoms with Crippen LogP contribution in [0.3, 0.4) is 0 Å². The number of fused-ring (bicyclic) bond motifs is 1. The standard InChI is InChI=1S/C25H30N4O4S/c1-2-18-12-21-22(26-25(27-23(21)34-18)33-15-17(31)14-30)28-8-10-29(11-9-28)24(32)20-13-19(20)16-6-4-3-5-7-16/h3-7,12,17,19-20,30-31H,2,8-11,13-15H2,1H3/t17-,19+,20-/m1/s1. The lowest BCUT2D eigenvalue weighted by atomic mass is 10.1. The molecule has 2 N–H and O–H groups in total. The Kier molecular flexibility index (Phi) is 6.67. The molecule has 3 heterocycles. The lowest BCUT2D eigenvalue weighted by molar-refractivity contribution is -0.133. The van der Waals surface area contributed by atoms with Gasteiger partial charge in [0.05, 0.1) is 12.0 Å². The van der Waals surface area contributed by atoms with E-state index in [1.54, 1.807) is 11.3 Å². The molecule has 1 aliphatic carbocycles. The molecule has 34 heavy (non-hydrogen) atoms. The SMILES string of the molecule is CCc1cc2c(N3CCN(C(=O)[C@@H]4C[C@H]4c4ccccc4)CC3)nc(OC[C@H](O)CO)nc2s1. The van der Waals surface area contributed by atoms with Gasteiger partial charge in [0.1, 0.15) is 23.4 Å². The summed E-state index contributed by atoms with van der Waals surface area (Å²) < 4.78 is 5.58. The molecule has 0 radical (unpaired) electrons. The maximum absolute atomic E-state index is 13.1. The summed E-state index contributed by atoms with van der Waals surface area (Å²) in [5.74, 6) is 1.50. The number of anilines is 1. The average Bonchev–Trinajstić information content (AvgIpc) is 3.58. The zero-order valence-corrected chi connectivity index (χ0v) is 20.1. The highest BCUT2D eigenvalue weighted by atomic mass is 32.1. The fraction of sp³-hybridized carbons (Fsp3) is 0.480. The predicted molar refractivity (Wildman–Crippen MR) is 131 cm³/mol. The third kappa shape index (κ3) is 4.73. The van der Waals surface area contributed by atoms with E-state index in [1.807, 2.05) is 23.1 Å². The van der Waals surface area contributed by atoms with Gasteiger partial charge in [-0.25, -0.2) is 0 Å². The first-order chi connectivity index (χ1) is 16.6. The number of thiophene rings is 1. The van der Waals surface area contributed by atoms with Gasteiger partial charge < -0.3 is 24.7 Å². The molecule has 0 spiro atoms. The van der Waals surface area contributed by atoms with Crippen molar-refractivity contribution in [1.82, 2.24) is 14.9 Å². The summed E-state index contributed by atoms with van der Waals surface area (Å²) in [4.78, 5) is 28.5. The van der Waals surface area contributed by atoms with Crippen molar-refractivity contribution in [3.05, 3.63) is 46.8 Å². The molecule has 2 aromatic heterocycles. The van der Waals surface area contributed by atoms with Crippen molar-refractivity contribution in [2.24, 2.45) is 5.92 Å². The second-order valence-electron chi connectivity index (χ2n) is 8.93. The van der Waals surface area contributed by atoms with Gasteiger partial charge in [0.25, 0.3) is 0 Å². The minimum absolute atomic E-state index is 0.0697. The van der Waals surface area contributed by atoms with E-state index in [2.05, 4.69) is 40.0 Å². The molecule has 1 saturated heterocycles. The van der Waals surface area contributed by atoms with Crippen molar-refractivity contribution in [3.63, 3.8) is 0 Å². The number of aryl methyl sites for hydroxylation is 1. The molecular weight excluding hydrogens is 452 g/mol. The summed E-state index contributed by atoms with van der Waals surface area (Å²) in [6.45, 7) is 4.36. The lowest BCUT2D eigenvalue weighted by Gasteiger charge is -2.36. The van der Waals surface area contributed by atoms with Crippen LogP contribution in [0.2, 0.25) is 0 Å². The van der Waals surface area contributed by atoms with E-state index in [-0.39, 0.29) is 31.0 Å². The van der Waals surface area contributed by atoms with Crippen molar-refractivity contribution < 1.29 is 19.7 Å². The van der Waals surface area contributed by atoms with Gasteiger partial charge >= 0.3 is 6.01 Å². The highest BCUT2D eigenvalue weighted by Gasteiger charge is 2.46. The number of hydrogen-bond acceptors (Lipinski definition) is 8. The number of aromatic nitrogens is 2. The molecule has 180 valence electrons. The van der Waals surface area contributed by atoms with Crippen LogP contribution < -0.4 is 9.64 Å². The van der Waals surface area contributed by atoms with E-state index >= 15 is 0 Å². The number of amides is 1. The first-order valence-corrected chi connectivity index (χ1v) is 12.7. The largest absolute Gasteiger partial charge is 0.461 e. The quantitative estimate of drug-likeness (QED) is 0.509. The molecule has 1 aliphatic heterocycles. The van der Waals surface area contributed by atoms with Crippen LogP contribution in [0.15, 0.2) is 36.4 Å². The van der Waals surface area contributed by atoms with Crippen LogP contribution >= 0.6 is 11.3 Å². The minimum Gasteiger partial charge on any atom is -0.461 e. The Morgan fingerprint density at radius 1 is 1.21 bits per heavy atom. The van der Waals surface area contributed by atoms with E-state index in [0.29, 0.717) is 32.1 Å². The van der Waals surface area contributed by atoms with Crippen LogP contribution in [-0.2, 0) is 11.2 Å². The summed E-state index contributed by atoms with van der Waals surface area (Å²) in [5.41, 5.74) is 1.26. The second kappa shape index (κ2) is 9.85. The molecule has 1 saturated carbocycles. The van der Waals surface area contributed by atoms with Gasteiger partial charge in [-0.05, 0) is 30.4 Å². The van der Waals surface area contributed by atoms with Crippen molar-refractivity contribution >= 4 is 33.3 Å². The number of rotatable bonds is 8. The Hall–Kier alpha value is -2.75. The summed E-state index contributed by atoms with van der Waals surface area (Å²) in [6.07, 6.45) is 0.866. The van der Waals surface area contributed by atoms with Crippen LogP contribution in [0.4, 0.5) is 5.82 Å². The minimum atomic E-state index is -0.978. The average molecular weight is 483 g/mol. The van der Waals surface area contributed by atoms with Crippen LogP contribution in [0.1, 0.15) is 29.7 Å². The van der Waals surface area contributed by atoms with Gasteiger partial charge in [-0.2, -0.15) is 9.97 Å². The molecule has 3 aromatic rings. The Bertz CT molecular complexity index is 1150. The number of nitrogens with zero attached hydrogens (tertiary/aromatic N) is 4. The highest BCUT2D eigenvalue weighted by Crippen LogP contribution is 2.48. The monoisotopic (exact) mass is 482 g/mol. The van der Waals surface area contributed by atoms with Crippen LogP contribution in [-0.4, -0.2) is 76.5 Å². The number of ether oxygens (including phenoxy) is 1. The molecule has 2 fully saturated rings. The van der Waals surface area contributed by atoms with E-state index in [9.17, 15) is 9.90 Å². The molecule has 2 aliphatic rings. The number of carbonyl (C=O) groups excluding carboxylic acids is 1. The Balaban J connectivity index is 1.28. The van der Waals surface area contributed by atoms with Crippen LogP contribution in [0.25, 0.3) is 10.2 Å². The first-order valence-electron chi connectivity index (χ1n) is 11.9. The smallest absolute Gasteiger partial charge is 0.319 e. The Labute approximate surface area is 202 Å². The Morgan fingerprint density at radius 3 is 2.68 bits per heavy atom. The zero-order valence-electron chi connectivity index (χ0n) is 19.3. The number of aliphatic hydroxyl groups is 2. The first kappa shape index (κ1) is 23.0. The van der Waals surface area contributed by atoms with E-state index in [4.69, 9.17) is 9.84 Å². The molecule has 1 amide bonds. The topological polar surface area (TPSA) is 99.0 Å². The molecular formula is C25H30N4O4S. The summed E-state index contributed by atoms with van der Waals surface area (Å²) in [5, 5.41) is 19.7. The molecule has 0 unspecified atom stereocenters. The third-order valence-electron chi connectivity index (χ3n) is 6.59. The summed E-state index contributed by atoms with van der Waals surface area (Å²) >= 11 is 1.61. The number of hydrogen-bond donors (Lipinski definition) is 2. The van der Waals surface area contributed by atoms with E-state index < -0.39 is 6.10 Å². The van der Waals surface area contributed by atoms with Gasteiger partial charge in [0.15, 0.2) is 0 Å². The number of aliphatic hydroxyl groups excluding tert-OH is 2. The van der Waals surface area contributed by atoms with Gasteiger partial charge in [0.2, 0.25) is 5.91 Å². The van der Waals surface area contributed by atoms with Crippen LogP contribution in [0.5, 0.6) is 6.01 Å². The van der Waals surface area contributed by atoms with E-state index in [0.717, 1.165) is 28.9 Å². The van der Waals surface area contributed by atoms with Crippen molar-refractivity contribution in [3.8, 4) is 6.01 Å². The molecule has 3 atom stereocenters. The lowest BCUT2D eigenvalue weighted by Crippen LogP contribution is -2.49. The molecule has 0 bridgehead atoms. The Morgan fingerprint density at radius 2 is 1.97 bits per heavy atom. The van der Waals surface area contributed by atoms with Gasteiger partial charge in [-0.1, -0.05) is 37.3 Å². The fourth-order valence-electron chi connectivity index (χ4n) is 4.55. The zero-order chi connectivity index (χ0) is 23.7. The van der Waals surface area contributed by atoms with Gasteiger partial charge in [0, 0.05) is 37.0 Å². The summed E-state index contributed by atoms with van der Waals surface area (Å²) in [6, 6.07) is 12.6. The number of piperazine rings is 1. The van der Waals surface area contributed by atoms with Gasteiger partial charge in [-0.3, -0.25) is 4.79 Å². The number of benzene rings is 1. The highest BCUT2D eigenvalue weighted by molar-refractivity contribution is 7.18. The molecule has 9 heteroatoms.